The molecule has 0 atom stereocenters. The second-order valence-electron chi connectivity index (χ2n) is 8.93. The van der Waals surface area contributed by atoms with E-state index in [0.717, 1.165) is 48.9 Å². The minimum absolute atomic E-state index is 0.142. The topological polar surface area (TPSA) is 78.8 Å². The molecule has 0 saturated carbocycles. The largest absolute Gasteiger partial charge is 0.504 e. The monoisotopic (exact) mass is 437 g/mol. The number of nitrogens with one attached hydrogen (secondary N) is 2. The molecule has 33 heavy (non-hydrogen) atoms. The van der Waals surface area contributed by atoms with Gasteiger partial charge in [-0.1, -0.05) is 48.9 Å². The molecule has 0 fully saturated rings. The van der Waals surface area contributed by atoms with E-state index in [9.17, 15) is 5.11 Å². The van der Waals surface area contributed by atoms with Crippen molar-refractivity contribution in [3.63, 3.8) is 0 Å². The van der Waals surface area contributed by atoms with E-state index in [1.54, 1.807) is 4.68 Å². The van der Waals surface area contributed by atoms with Crippen molar-refractivity contribution in [1.29, 1.82) is 0 Å². The van der Waals surface area contributed by atoms with Crippen molar-refractivity contribution in [3.05, 3.63) is 70.8 Å². The van der Waals surface area contributed by atoms with Gasteiger partial charge in [0.05, 0.1) is 11.0 Å². The average molecular weight is 438 g/mol. The number of rotatable bonds is 4. The normalized spacial score (nSPS) is 15.6. The molecular weight excluding hydrogens is 410 g/mol. The quantitative estimate of drug-likeness (QED) is 0.397. The number of allylic oxidation sites excluding steroid dienone is 4. The zero-order chi connectivity index (χ0) is 22.5. The summed E-state index contributed by atoms with van der Waals surface area (Å²) in [5, 5.41) is 19.1. The molecule has 0 unspecified atom stereocenters. The van der Waals surface area contributed by atoms with Gasteiger partial charge in [0.25, 0.3) is 0 Å². The fourth-order valence-corrected chi connectivity index (χ4v) is 4.96. The third-order valence-corrected chi connectivity index (χ3v) is 6.82. The van der Waals surface area contributed by atoms with Crippen molar-refractivity contribution in [2.75, 3.05) is 0 Å². The van der Waals surface area contributed by atoms with Crippen LogP contribution in [-0.4, -0.2) is 24.9 Å². The summed E-state index contributed by atoms with van der Waals surface area (Å²) in [6.07, 6.45) is 7.96. The molecule has 6 nitrogen and oxygen atoms in total. The predicted molar refractivity (Wildman–Crippen MR) is 132 cm³/mol. The lowest BCUT2D eigenvalue weighted by Crippen LogP contribution is -1.99. The van der Waals surface area contributed by atoms with Crippen molar-refractivity contribution in [2.45, 2.75) is 39.3 Å². The van der Waals surface area contributed by atoms with E-state index >= 15 is 0 Å². The summed E-state index contributed by atoms with van der Waals surface area (Å²) >= 11 is 0. The first-order valence-corrected chi connectivity index (χ1v) is 11.6. The van der Waals surface area contributed by atoms with E-state index in [4.69, 9.17) is 4.98 Å². The Morgan fingerprint density at radius 3 is 2.61 bits per heavy atom. The summed E-state index contributed by atoms with van der Waals surface area (Å²) < 4.78 is 1.70. The Morgan fingerprint density at radius 2 is 1.82 bits per heavy atom. The van der Waals surface area contributed by atoms with Crippen LogP contribution in [0, 0.1) is 0 Å². The summed E-state index contributed by atoms with van der Waals surface area (Å²) in [6.45, 7) is 3.96. The summed E-state index contributed by atoms with van der Waals surface area (Å²) in [4.78, 5) is 8.14. The average Bonchev–Trinajstić information content (AvgIpc) is 3.53. The second kappa shape index (κ2) is 7.74. The molecule has 1 aliphatic heterocycles. The van der Waals surface area contributed by atoms with Crippen LogP contribution in [0.25, 0.3) is 39.4 Å². The van der Waals surface area contributed by atoms with Crippen LogP contribution in [0.5, 0.6) is 5.75 Å². The third kappa shape index (κ3) is 3.38. The van der Waals surface area contributed by atoms with E-state index < -0.39 is 0 Å². The van der Waals surface area contributed by atoms with E-state index in [2.05, 4.69) is 58.7 Å². The number of aromatic nitrogens is 4. The molecule has 6 heteroatoms. The predicted octanol–water partition coefficient (Wildman–Crippen LogP) is 5.45. The van der Waals surface area contributed by atoms with Gasteiger partial charge in [0.15, 0.2) is 11.6 Å². The van der Waals surface area contributed by atoms with Crippen molar-refractivity contribution in [3.8, 4) is 28.5 Å². The van der Waals surface area contributed by atoms with Gasteiger partial charge in [-0.25, -0.2) is 4.98 Å². The lowest BCUT2D eigenvalue weighted by Gasteiger charge is -2.13. The van der Waals surface area contributed by atoms with Crippen LogP contribution in [0.2, 0.25) is 0 Å². The highest BCUT2D eigenvalue weighted by atomic mass is 16.3. The van der Waals surface area contributed by atoms with Crippen molar-refractivity contribution < 1.29 is 5.11 Å². The number of H-pyrrole nitrogens is 1. The molecule has 0 radical (unpaired) electrons. The number of nitrogens with zero attached hydrogens (tertiary/aromatic N) is 3. The molecule has 0 amide bonds. The first-order valence-electron chi connectivity index (χ1n) is 11.6. The van der Waals surface area contributed by atoms with Gasteiger partial charge in [-0.2, -0.15) is 5.10 Å². The maximum Gasteiger partial charge on any atom is 0.173 e. The van der Waals surface area contributed by atoms with E-state index in [1.165, 1.54) is 27.8 Å². The Balaban J connectivity index is 1.35. The van der Waals surface area contributed by atoms with Crippen molar-refractivity contribution in [1.82, 2.24) is 25.1 Å². The summed E-state index contributed by atoms with van der Waals surface area (Å²) in [5.74, 6) is 0.769. The number of hydrogen-bond acceptors (Lipinski definition) is 4. The molecule has 2 aromatic carbocycles. The number of fused-ring (bicyclic) bond motifs is 2. The maximum absolute atomic E-state index is 11.1. The first-order chi connectivity index (χ1) is 16.1. The number of aromatic amines is 1. The molecule has 166 valence electrons. The Kier molecular flexibility index (Phi) is 4.69. The van der Waals surface area contributed by atoms with Crippen LogP contribution in [0.1, 0.15) is 42.9 Å². The number of imidazole rings is 1. The second-order valence-corrected chi connectivity index (χ2v) is 8.93. The highest BCUT2D eigenvalue weighted by molar-refractivity contribution is 5.84. The fourth-order valence-electron chi connectivity index (χ4n) is 4.96. The molecule has 0 saturated heterocycles. The molecule has 6 rings (SSSR count). The van der Waals surface area contributed by atoms with E-state index in [1.807, 2.05) is 19.2 Å². The molecule has 2 aromatic heterocycles. The van der Waals surface area contributed by atoms with E-state index in [-0.39, 0.29) is 5.75 Å². The summed E-state index contributed by atoms with van der Waals surface area (Å²) in [5.41, 5.74) is 10.5. The van der Waals surface area contributed by atoms with Crippen LogP contribution in [0.15, 0.2) is 54.1 Å². The Labute approximate surface area is 192 Å². The number of hydrogen-bond donors (Lipinski definition) is 3. The zero-order valence-electron chi connectivity index (χ0n) is 18.9. The summed E-state index contributed by atoms with van der Waals surface area (Å²) in [7, 11) is 1.84. The van der Waals surface area contributed by atoms with E-state index in [0.29, 0.717) is 17.2 Å². The van der Waals surface area contributed by atoms with Gasteiger partial charge in [0, 0.05) is 25.7 Å². The highest BCUT2D eigenvalue weighted by Gasteiger charge is 2.22. The molecule has 1 aliphatic carbocycles. The molecule has 0 bridgehead atoms. The van der Waals surface area contributed by atoms with Gasteiger partial charge >= 0.3 is 0 Å². The lowest BCUT2D eigenvalue weighted by molar-refractivity contribution is 0.478. The Morgan fingerprint density at radius 1 is 1.06 bits per heavy atom. The van der Waals surface area contributed by atoms with Gasteiger partial charge in [-0.3, -0.25) is 4.68 Å². The van der Waals surface area contributed by atoms with Crippen molar-refractivity contribution >= 4 is 16.6 Å². The van der Waals surface area contributed by atoms with Crippen LogP contribution in [-0.2, 0) is 20.1 Å². The van der Waals surface area contributed by atoms with Gasteiger partial charge in [0.2, 0.25) is 0 Å². The first kappa shape index (κ1) is 20.0. The van der Waals surface area contributed by atoms with Crippen LogP contribution in [0.4, 0.5) is 0 Å². The molecule has 3 heterocycles. The minimum Gasteiger partial charge on any atom is -0.504 e. The molecule has 3 N–H and O–H groups in total. The molecule has 2 aliphatic rings. The minimum atomic E-state index is 0.142. The zero-order valence-corrected chi connectivity index (χ0v) is 18.9. The number of aromatic hydroxyl groups is 1. The highest BCUT2D eigenvalue weighted by Crippen LogP contribution is 2.38. The van der Waals surface area contributed by atoms with Crippen LogP contribution >= 0.6 is 0 Å². The third-order valence-electron chi connectivity index (χ3n) is 6.82. The van der Waals surface area contributed by atoms with Crippen LogP contribution < -0.4 is 5.32 Å². The van der Waals surface area contributed by atoms with Gasteiger partial charge in [-0.05, 0) is 53.7 Å². The summed E-state index contributed by atoms with van der Waals surface area (Å²) in [6, 6.07) is 12.6. The van der Waals surface area contributed by atoms with Gasteiger partial charge < -0.3 is 15.4 Å². The van der Waals surface area contributed by atoms with Gasteiger partial charge in [-0.15, -0.1) is 0 Å². The Hall–Kier alpha value is -3.64. The van der Waals surface area contributed by atoms with Gasteiger partial charge in [0.1, 0.15) is 11.4 Å². The van der Waals surface area contributed by atoms with Crippen molar-refractivity contribution in [2.24, 2.45) is 7.05 Å². The fraction of sp³-hybridized carbons (Fsp3) is 0.259. The lowest BCUT2D eigenvalue weighted by atomic mass is 9.93. The smallest absolute Gasteiger partial charge is 0.173 e. The maximum atomic E-state index is 11.1. The standard InChI is InChI=1S/C27H27N5O/c1-3-16-5-4-6-19(11-16)17-7-9-18(10-8-17)24-26(33)25(32(2)31-24)27-29-22-12-20-14-28-15-21(20)13-23(22)30-27/h6-13,28,33H,3-5,14-15H2,1-2H3,(H,29,30). The number of aryl methyl sites for hydroxylation is 1. The molecular formula is C27H27N5O. The Bertz CT molecular complexity index is 1390. The molecule has 0 spiro atoms. The molecule has 4 aromatic rings. The SMILES string of the molecule is CCC1=CC(c2ccc(-c3nn(C)c(-c4nc5cc6c(cc5[nH]4)CNC6)c3O)cc2)=CCC1. The number of benzene rings is 2. The van der Waals surface area contributed by atoms with Crippen LogP contribution in [0.3, 0.4) is 0 Å².